The predicted octanol–water partition coefficient (Wildman–Crippen LogP) is 2.43. The summed E-state index contributed by atoms with van der Waals surface area (Å²) in [5.74, 6) is 0. The Morgan fingerprint density at radius 1 is 1.31 bits per heavy atom. The molecule has 4 heteroatoms. The molecule has 0 aliphatic carbocycles. The third-order valence-corrected chi connectivity index (χ3v) is 2.03. The molecule has 66 valence electrons. The summed E-state index contributed by atoms with van der Waals surface area (Å²) >= 11 is 5.82. The first-order valence-electron chi connectivity index (χ1n) is 3.88. The van der Waals surface area contributed by atoms with Crippen LogP contribution in [-0.4, -0.2) is 15.2 Å². The standard InChI is InChI=1S/C9H8ClN3/c1-6-3-12-13-9(6)7-2-8(10)5-11-4-7/h2-5H,1H3,(H,12,13). The summed E-state index contributed by atoms with van der Waals surface area (Å²) in [4.78, 5) is 4.00. The molecule has 2 aromatic rings. The van der Waals surface area contributed by atoms with Gasteiger partial charge in [0.15, 0.2) is 0 Å². The third-order valence-electron chi connectivity index (χ3n) is 1.82. The highest BCUT2D eigenvalue weighted by Crippen LogP contribution is 2.21. The molecular formula is C9H8ClN3. The van der Waals surface area contributed by atoms with Gasteiger partial charge in [0, 0.05) is 18.0 Å². The minimum Gasteiger partial charge on any atom is -0.278 e. The Morgan fingerprint density at radius 3 is 2.77 bits per heavy atom. The topological polar surface area (TPSA) is 41.6 Å². The quantitative estimate of drug-likeness (QED) is 0.756. The number of halogens is 1. The zero-order valence-corrected chi connectivity index (χ0v) is 7.84. The van der Waals surface area contributed by atoms with E-state index in [-0.39, 0.29) is 0 Å². The molecule has 0 radical (unpaired) electrons. The van der Waals surface area contributed by atoms with Crippen LogP contribution in [0.25, 0.3) is 11.3 Å². The van der Waals surface area contributed by atoms with Gasteiger partial charge in [-0.15, -0.1) is 0 Å². The Morgan fingerprint density at radius 2 is 2.15 bits per heavy atom. The van der Waals surface area contributed by atoms with E-state index in [9.17, 15) is 0 Å². The van der Waals surface area contributed by atoms with Crippen LogP contribution in [-0.2, 0) is 0 Å². The van der Waals surface area contributed by atoms with E-state index in [0.717, 1.165) is 16.8 Å². The number of aromatic nitrogens is 3. The lowest BCUT2D eigenvalue weighted by Gasteiger charge is -1.98. The average molecular weight is 194 g/mol. The lowest BCUT2D eigenvalue weighted by atomic mass is 10.1. The van der Waals surface area contributed by atoms with Gasteiger partial charge in [-0.2, -0.15) is 5.10 Å². The van der Waals surface area contributed by atoms with Crippen LogP contribution in [0.15, 0.2) is 24.7 Å². The monoisotopic (exact) mass is 193 g/mol. The van der Waals surface area contributed by atoms with Gasteiger partial charge in [-0.25, -0.2) is 0 Å². The highest BCUT2D eigenvalue weighted by atomic mass is 35.5. The molecular weight excluding hydrogens is 186 g/mol. The second-order valence-corrected chi connectivity index (χ2v) is 3.26. The van der Waals surface area contributed by atoms with Gasteiger partial charge in [-0.3, -0.25) is 10.1 Å². The molecule has 0 amide bonds. The molecule has 2 rings (SSSR count). The predicted molar refractivity (Wildman–Crippen MR) is 51.6 cm³/mol. The number of pyridine rings is 1. The first-order chi connectivity index (χ1) is 6.27. The number of nitrogens with one attached hydrogen (secondary N) is 1. The van der Waals surface area contributed by atoms with Crippen molar-refractivity contribution in [2.24, 2.45) is 0 Å². The molecule has 0 aliphatic rings. The molecule has 0 aromatic carbocycles. The molecule has 0 aliphatic heterocycles. The van der Waals surface area contributed by atoms with Crippen LogP contribution >= 0.6 is 11.6 Å². The van der Waals surface area contributed by atoms with Crippen molar-refractivity contribution in [2.75, 3.05) is 0 Å². The van der Waals surface area contributed by atoms with Crippen molar-refractivity contribution < 1.29 is 0 Å². The lowest BCUT2D eigenvalue weighted by Crippen LogP contribution is -1.82. The summed E-state index contributed by atoms with van der Waals surface area (Å²) in [5, 5.41) is 7.46. The number of rotatable bonds is 1. The van der Waals surface area contributed by atoms with E-state index in [1.54, 1.807) is 18.6 Å². The van der Waals surface area contributed by atoms with Crippen LogP contribution in [0, 0.1) is 6.92 Å². The van der Waals surface area contributed by atoms with Gasteiger partial charge in [0.05, 0.1) is 16.9 Å². The molecule has 3 nitrogen and oxygen atoms in total. The second-order valence-electron chi connectivity index (χ2n) is 2.82. The maximum Gasteiger partial charge on any atom is 0.0695 e. The fourth-order valence-electron chi connectivity index (χ4n) is 1.19. The maximum atomic E-state index is 5.82. The van der Waals surface area contributed by atoms with Crippen molar-refractivity contribution >= 4 is 11.6 Å². The van der Waals surface area contributed by atoms with E-state index in [4.69, 9.17) is 11.6 Å². The highest BCUT2D eigenvalue weighted by molar-refractivity contribution is 6.30. The van der Waals surface area contributed by atoms with E-state index >= 15 is 0 Å². The molecule has 0 atom stereocenters. The van der Waals surface area contributed by atoms with Crippen LogP contribution < -0.4 is 0 Å². The van der Waals surface area contributed by atoms with Gasteiger partial charge in [0.1, 0.15) is 0 Å². The summed E-state index contributed by atoms with van der Waals surface area (Å²) in [6, 6.07) is 1.86. The Labute approximate surface area is 80.8 Å². The maximum absolute atomic E-state index is 5.82. The summed E-state index contributed by atoms with van der Waals surface area (Å²) in [5.41, 5.74) is 3.02. The molecule has 1 N–H and O–H groups in total. The molecule has 13 heavy (non-hydrogen) atoms. The third kappa shape index (κ3) is 1.55. The number of aromatic amines is 1. The fourth-order valence-corrected chi connectivity index (χ4v) is 1.36. The SMILES string of the molecule is Cc1cn[nH]c1-c1cncc(Cl)c1. The van der Waals surface area contributed by atoms with Crippen molar-refractivity contribution in [1.82, 2.24) is 15.2 Å². The van der Waals surface area contributed by atoms with Crippen molar-refractivity contribution in [3.63, 3.8) is 0 Å². The zero-order valence-electron chi connectivity index (χ0n) is 7.08. The van der Waals surface area contributed by atoms with E-state index in [1.807, 2.05) is 13.0 Å². The minimum atomic E-state index is 0.631. The van der Waals surface area contributed by atoms with Crippen molar-refractivity contribution in [1.29, 1.82) is 0 Å². The molecule has 0 fully saturated rings. The molecule has 0 unspecified atom stereocenters. The molecule has 0 spiro atoms. The Bertz CT molecular complexity index is 422. The number of aryl methyl sites for hydroxylation is 1. The van der Waals surface area contributed by atoms with Gasteiger partial charge in [0.25, 0.3) is 0 Å². The number of nitrogens with zero attached hydrogens (tertiary/aromatic N) is 2. The van der Waals surface area contributed by atoms with Crippen molar-refractivity contribution in [2.45, 2.75) is 6.92 Å². The zero-order chi connectivity index (χ0) is 9.26. The van der Waals surface area contributed by atoms with Crippen molar-refractivity contribution in [3.8, 4) is 11.3 Å². The number of H-pyrrole nitrogens is 1. The average Bonchev–Trinajstić information content (AvgIpc) is 2.51. The van der Waals surface area contributed by atoms with E-state index in [1.165, 1.54) is 0 Å². The number of hydrogen-bond acceptors (Lipinski definition) is 2. The van der Waals surface area contributed by atoms with Crippen LogP contribution in [0.1, 0.15) is 5.56 Å². The summed E-state index contributed by atoms with van der Waals surface area (Å²) in [6.45, 7) is 1.99. The van der Waals surface area contributed by atoms with Gasteiger partial charge in [-0.05, 0) is 18.6 Å². The largest absolute Gasteiger partial charge is 0.278 e. The van der Waals surface area contributed by atoms with Crippen LogP contribution in [0.3, 0.4) is 0 Å². The highest BCUT2D eigenvalue weighted by Gasteiger charge is 2.03. The first kappa shape index (κ1) is 8.26. The Kier molecular flexibility index (Phi) is 2.02. The smallest absolute Gasteiger partial charge is 0.0695 e. The van der Waals surface area contributed by atoms with Crippen molar-refractivity contribution in [3.05, 3.63) is 35.2 Å². The lowest BCUT2D eigenvalue weighted by molar-refractivity contribution is 1.09. The van der Waals surface area contributed by atoms with E-state index in [0.29, 0.717) is 5.02 Å². The summed E-state index contributed by atoms with van der Waals surface area (Å²) in [7, 11) is 0. The molecule has 0 saturated heterocycles. The van der Waals surface area contributed by atoms with Crippen LogP contribution in [0.2, 0.25) is 5.02 Å². The minimum absolute atomic E-state index is 0.631. The van der Waals surface area contributed by atoms with Gasteiger partial charge in [-0.1, -0.05) is 11.6 Å². The normalized spacial score (nSPS) is 10.3. The van der Waals surface area contributed by atoms with Gasteiger partial charge >= 0.3 is 0 Å². The summed E-state index contributed by atoms with van der Waals surface area (Å²) < 4.78 is 0. The van der Waals surface area contributed by atoms with E-state index in [2.05, 4.69) is 15.2 Å². The second kappa shape index (κ2) is 3.18. The Hall–Kier alpha value is -1.35. The molecule has 0 saturated carbocycles. The van der Waals surface area contributed by atoms with E-state index < -0.39 is 0 Å². The van der Waals surface area contributed by atoms with Crippen LogP contribution in [0.5, 0.6) is 0 Å². The molecule has 0 bridgehead atoms. The molecule has 2 aromatic heterocycles. The summed E-state index contributed by atoms with van der Waals surface area (Å²) in [6.07, 6.45) is 5.14. The molecule has 2 heterocycles. The van der Waals surface area contributed by atoms with Gasteiger partial charge < -0.3 is 0 Å². The fraction of sp³-hybridized carbons (Fsp3) is 0.111. The Balaban J connectivity index is 2.53. The number of hydrogen-bond donors (Lipinski definition) is 1. The first-order valence-corrected chi connectivity index (χ1v) is 4.26. The van der Waals surface area contributed by atoms with Crippen LogP contribution in [0.4, 0.5) is 0 Å². The van der Waals surface area contributed by atoms with Gasteiger partial charge in [0.2, 0.25) is 0 Å².